The number of aromatic nitrogens is 5. The number of hydrogen-bond donors (Lipinski definition) is 1. The summed E-state index contributed by atoms with van der Waals surface area (Å²) in [4.78, 5) is 8.78. The monoisotopic (exact) mass is 490 g/mol. The average molecular weight is 491 g/mol. The van der Waals surface area contributed by atoms with Gasteiger partial charge in [0.25, 0.3) is 0 Å². The molecule has 0 spiro atoms. The fourth-order valence-electron chi connectivity index (χ4n) is 3.70. The largest absolute Gasteiger partial charge is 0.439 e. The van der Waals surface area contributed by atoms with Gasteiger partial charge in [-0.2, -0.15) is 10.1 Å². The lowest BCUT2D eigenvalue weighted by Gasteiger charge is -2.10. The highest BCUT2D eigenvalue weighted by Crippen LogP contribution is 2.25. The Balaban J connectivity index is 1.30. The van der Waals surface area contributed by atoms with Crippen LogP contribution in [0.5, 0.6) is 11.6 Å². The molecule has 0 aliphatic carbocycles. The standard InChI is InChI=1S/C24H22N6O4S/c1-15-12-16(2)30(27-15)23-13-24(26-17(3)25-23)33-19-10-8-18(9-11-19)29-35(31,32)14-21-20-6-4-5-7-22(20)34-28-21/h4-13,29H,14H2,1-3H3. The van der Waals surface area contributed by atoms with Gasteiger partial charge in [0.2, 0.25) is 15.9 Å². The maximum Gasteiger partial charge on any atom is 0.238 e. The van der Waals surface area contributed by atoms with Crippen LogP contribution in [-0.2, 0) is 15.8 Å². The van der Waals surface area contributed by atoms with Crippen molar-refractivity contribution in [3.05, 3.63) is 83.6 Å². The Bertz CT molecular complexity index is 1620. The fourth-order valence-corrected chi connectivity index (χ4v) is 4.83. The van der Waals surface area contributed by atoms with E-state index in [0.717, 1.165) is 11.4 Å². The van der Waals surface area contributed by atoms with Crippen LogP contribution in [0.2, 0.25) is 0 Å². The van der Waals surface area contributed by atoms with Crippen LogP contribution in [0.1, 0.15) is 22.9 Å². The van der Waals surface area contributed by atoms with Gasteiger partial charge in [0.05, 0.1) is 5.69 Å². The fraction of sp³-hybridized carbons (Fsp3) is 0.167. The summed E-state index contributed by atoms with van der Waals surface area (Å²) >= 11 is 0. The molecule has 0 amide bonds. The molecule has 1 N–H and O–H groups in total. The third-order valence-corrected chi connectivity index (χ3v) is 6.36. The quantitative estimate of drug-likeness (QED) is 0.354. The summed E-state index contributed by atoms with van der Waals surface area (Å²) in [6.45, 7) is 5.64. The molecule has 178 valence electrons. The van der Waals surface area contributed by atoms with Crippen LogP contribution < -0.4 is 9.46 Å². The van der Waals surface area contributed by atoms with Gasteiger partial charge in [-0.3, -0.25) is 4.72 Å². The number of benzene rings is 2. The molecular weight excluding hydrogens is 468 g/mol. The van der Waals surface area contributed by atoms with Gasteiger partial charge in [-0.1, -0.05) is 17.3 Å². The van der Waals surface area contributed by atoms with Crippen molar-refractivity contribution in [2.75, 3.05) is 4.72 Å². The predicted octanol–water partition coefficient (Wildman–Crippen LogP) is 4.46. The first-order valence-corrected chi connectivity index (χ1v) is 12.4. The van der Waals surface area contributed by atoms with E-state index in [1.807, 2.05) is 19.9 Å². The highest BCUT2D eigenvalue weighted by atomic mass is 32.2. The van der Waals surface area contributed by atoms with Crippen LogP contribution in [0.4, 0.5) is 5.69 Å². The topological polar surface area (TPSA) is 125 Å². The minimum absolute atomic E-state index is 0.308. The molecule has 3 heterocycles. The Morgan fingerprint density at radius 1 is 1.00 bits per heavy atom. The molecule has 11 heteroatoms. The first-order chi connectivity index (χ1) is 16.8. The third kappa shape index (κ3) is 4.99. The summed E-state index contributed by atoms with van der Waals surface area (Å²) in [6.07, 6.45) is 0. The number of hydrogen-bond acceptors (Lipinski definition) is 8. The zero-order valence-corrected chi connectivity index (χ0v) is 20.1. The minimum Gasteiger partial charge on any atom is -0.439 e. The number of anilines is 1. The molecule has 2 aromatic carbocycles. The second-order valence-corrected chi connectivity index (χ2v) is 9.79. The summed E-state index contributed by atoms with van der Waals surface area (Å²) in [5.74, 6) is 1.68. The lowest BCUT2D eigenvalue weighted by atomic mass is 10.2. The van der Waals surface area contributed by atoms with Crippen molar-refractivity contribution < 1.29 is 17.7 Å². The van der Waals surface area contributed by atoms with Crippen molar-refractivity contribution in [3.63, 3.8) is 0 Å². The van der Waals surface area contributed by atoms with Crippen LogP contribution in [0.25, 0.3) is 16.8 Å². The van der Waals surface area contributed by atoms with Crippen molar-refractivity contribution in [1.29, 1.82) is 0 Å². The Labute approximate surface area is 201 Å². The first kappa shape index (κ1) is 22.5. The SMILES string of the molecule is Cc1cc(C)n(-c2cc(Oc3ccc(NS(=O)(=O)Cc4noc5ccccc45)cc3)nc(C)n2)n1. The number of aryl methyl sites for hydroxylation is 3. The Morgan fingerprint density at radius 2 is 1.77 bits per heavy atom. The van der Waals surface area contributed by atoms with Gasteiger partial charge in [-0.15, -0.1) is 0 Å². The Hall–Kier alpha value is -4.25. The molecule has 0 bridgehead atoms. The van der Waals surface area contributed by atoms with Gasteiger partial charge in [0, 0.05) is 22.8 Å². The molecule has 0 unspecified atom stereocenters. The molecule has 0 radical (unpaired) electrons. The minimum atomic E-state index is -3.71. The average Bonchev–Trinajstić information content (AvgIpc) is 3.36. The van der Waals surface area contributed by atoms with E-state index < -0.39 is 10.0 Å². The van der Waals surface area contributed by atoms with E-state index in [0.29, 0.717) is 45.6 Å². The first-order valence-electron chi connectivity index (χ1n) is 10.8. The van der Waals surface area contributed by atoms with E-state index in [4.69, 9.17) is 9.26 Å². The molecule has 0 aliphatic rings. The molecule has 35 heavy (non-hydrogen) atoms. The molecule has 5 aromatic rings. The van der Waals surface area contributed by atoms with E-state index in [9.17, 15) is 8.42 Å². The molecule has 0 fully saturated rings. The van der Waals surface area contributed by atoms with Gasteiger partial charge in [-0.25, -0.2) is 18.1 Å². The van der Waals surface area contributed by atoms with Crippen molar-refractivity contribution >= 4 is 26.7 Å². The van der Waals surface area contributed by atoms with Crippen molar-refractivity contribution in [3.8, 4) is 17.4 Å². The lowest BCUT2D eigenvalue weighted by molar-refractivity contribution is 0.448. The predicted molar refractivity (Wildman–Crippen MR) is 130 cm³/mol. The van der Waals surface area contributed by atoms with Crippen LogP contribution in [0.15, 0.2) is 65.2 Å². The lowest BCUT2D eigenvalue weighted by Crippen LogP contribution is -2.15. The third-order valence-electron chi connectivity index (χ3n) is 5.16. The number of fused-ring (bicyclic) bond motifs is 1. The van der Waals surface area contributed by atoms with Gasteiger partial charge in [0.1, 0.15) is 23.0 Å². The molecule has 0 atom stereocenters. The molecule has 3 aromatic heterocycles. The second-order valence-electron chi connectivity index (χ2n) is 8.06. The van der Waals surface area contributed by atoms with Crippen molar-refractivity contribution in [2.24, 2.45) is 0 Å². The maximum absolute atomic E-state index is 12.7. The zero-order chi connectivity index (χ0) is 24.6. The maximum atomic E-state index is 12.7. The van der Waals surface area contributed by atoms with Gasteiger partial charge in [0.15, 0.2) is 11.4 Å². The number of para-hydroxylation sites is 1. The zero-order valence-electron chi connectivity index (χ0n) is 19.3. The normalized spacial score (nSPS) is 11.6. The van der Waals surface area contributed by atoms with Gasteiger partial charge in [-0.05, 0) is 63.2 Å². The van der Waals surface area contributed by atoms with Crippen LogP contribution >= 0.6 is 0 Å². The van der Waals surface area contributed by atoms with Crippen molar-refractivity contribution in [2.45, 2.75) is 26.5 Å². The number of rotatable bonds is 7. The van der Waals surface area contributed by atoms with E-state index in [-0.39, 0.29) is 5.75 Å². The number of ether oxygens (including phenoxy) is 1. The molecule has 0 aliphatic heterocycles. The molecule has 5 rings (SSSR count). The van der Waals surface area contributed by atoms with E-state index in [1.54, 1.807) is 66.2 Å². The van der Waals surface area contributed by atoms with E-state index in [1.165, 1.54) is 0 Å². The van der Waals surface area contributed by atoms with Crippen LogP contribution in [-0.4, -0.2) is 33.3 Å². The summed E-state index contributed by atoms with van der Waals surface area (Å²) < 4.78 is 40.7. The molecule has 0 saturated carbocycles. The second kappa shape index (κ2) is 8.84. The van der Waals surface area contributed by atoms with Gasteiger partial charge >= 0.3 is 0 Å². The Morgan fingerprint density at radius 3 is 2.51 bits per heavy atom. The van der Waals surface area contributed by atoms with E-state index in [2.05, 4.69) is 24.9 Å². The van der Waals surface area contributed by atoms with E-state index >= 15 is 0 Å². The Kier molecular flexibility index (Phi) is 5.69. The number of sulfonamides is 1. The highest BCUT2D eigenvalue weighted by Gasteiger charge is 2.18. The summed E-state index contributed by atoms with van der Waals surface area (Å²) in [7, 11) is -3.71. The number of nitrogens with one attached hydrogen (secondary N) is 1. The molecule has 10 nitrogen and oxygen atoms in total. The summed E-state index contributed by atoms with van der Waals surface area (Å²) in [6, 6.07) is 17.3. The summed E-state index contributed by atoms with van der Waals surface area (Å²) in [5.41, 5.74) is 3.12. The number of nitrogens with zero attached hydrogens (tertiary/aromatic N) is 5. The summed E-state index contributed by atoms with van der Waals surface area (Å²) in [5, 5.41) is 9.02. The molecular formula is C24H22N6O4S. The van der Waals surface area contributed by atoms with Crippen LogP contribution in [0, 0.1) is 20.8 Å². The highest BCUT2D eigenvalue weighted by molar-refractivity contribution is 7.91. The van der Waals surface area contributed by atoms with Crippen LogP contribution in [0.3, 0.4) is 0 Å². The molecule has 0 saturated heterocycles. The van der Waals surface area contributed by atoms with Crippen molar-refractivity contribution in [1.82, 2.24) is 24.9 Å². The smallest absolute Gasteiger partial charge is 0.238 e. The van der Waals surface area contributed by atoms with Gasteiger partial charge < -0.3 is 9.26 Å².